The van der Waals surface area contributed by atoms with Crippen LogP contribution in [0.2, 0.25) is 0 Å². The molecule has 0 aliphatic heterocycles. The second-order valence-corrected chi connectivity index (χ2v) is 10.6. The number of hydrogen-bond acceptors (Lipinski definition) is 6. The van der Waals surface area contributed by atoms with Crippen LogP contribution < -0.4 is 16.6 Å². The number of carbonyl (C=O) groups excluding carboxylic acids is 1. The highest BCUT2D eigenvalue weighted by atomic mass is 16.5. The van der Waals surface area contributed by atoms with Gasteiger partial charge in [-0.2, -0.15) is 0 Å². The Morgan fingerprint density at radius 3 is 2.09 bits per heavy atom. The molecule has 176 valence electrons. The molecule has 5 aliphatic rings. The Kier molecular flexibility index (Phi) is 5.44. The van der Waals surface area contributed by atoms with Crippen molar-refractivity contribution in [1.29, 1.82) is 0 Å². The van der Waals surface area contributed by atoms with E-state index >= 15 is 0 Å². The first-order chi connectivity index (χ1) is 15.3. The number of hydrogen-bond donors (Lipinski definition) is 4. The summed E-state index contributed by atoms with van der Waals surface area (Å²) in [6, 6.07) is -0.257. The molecule has 1 heterocycles. The molecular weight excluding hydrogens is 414 g/mol. The third kappa shape index (κ3) is 3.50. The molecular formula is C23H33N3O6. The Labute approximate surface area is 186 Å². The summed E-state index contributed by atoms with van der Waals surface area (Å²) in [7, 11) is 0. The first-order valence-corrected chi connectivity index (χ1v) is 12.0. The lowest BCUT2D eigenvalue weighted by molar-refractivity contribution is -0.0484. The van der Waals surface area contributed by atoms with Gasteiger partial charge in [0.05, 0.1) is 12.1 Å². The van der Waals surface area contributed by atoms with Crippen LogP contribution in [0.15, 0.2) is 9.59 Å². The number of carbonyl (C=O) groups is 1. The summed E-state index contributed by atoms with van der Waals surface area (Å²) in [6.07, 6.45) is 8.26. The molecule has 0 aromatic carbocycles. The van der Waals surface area contributed by atoms with Crippen molar-refractivity contribution < 1.29 is 20.1 Å². The summed E-state index contributed by atoms with van der Waals surface area (Å²) in [5, 5.41) is 31.6. The maximum absolute atomic E-state index is 13.8. The summed E-state index contributed by atoms with van der Waals surface area (Å²) in [6.45, 7) is -0.475. The number of amides is 1. The van der Waals surface area contributed by atoms with Crippen LogP contribution in [0, 0.1) is 17.8 Å². The number of aromatic hydroxyl groups is 1. The molecule has 6 rings (SSSR count). The van der Waals surface area contributed by atoms with Crippen molar-refractivity contribution in [1.82, 2.24) is 14.5 Å². The highest BCUT2D eigenvalue weighted by Crippen LogP contribution is 2.58. The fraction of sp³-hybridized carbons (Fsp3) is 0.783. The summed E-state index contributed by atoms with van der Waals surface area (Å²) in [5.74, 6) is -0.00895. The Morgan fingerprint density at radius 2 is 1.56 bits per heavy atom. The Morgan fingerprint density at radius 1 is 1.00 bits per heavy atom. The van der Waals surface area contributed by atoms with E-state index in [9.17, 15) is 19.5 Å². The highest BCUT2D eigenvalue weighted by molar-refractivity contribution is 5.96. The van der Waals surface area contributed by atoms with E-state index in [4.69, 9.17) is 10.2 Å². The fourth-order valence-electron chi connectivity index (χ4n) is 7.51. The van der Waals surface area contributed by atoms with Gasteiger partial charge in [-0.05, 0) is 69.1 Å². The predicted molar refractivity (Wildman–Crippen MR) is 115 cm³/mol. The van der Waals surface area contributed by atoms with Crippen molar-refractivity contribution in [3.63, 3.8) is 0 Å². The predicted octanol–water partition coefficient (Wildman–Crippen LogP) is 1.19. The molecule has 5 fully saturated rings. The van der Waals surface area contributed by atoms with E-state index in [2.05, 4.69) is 5.32 Å². The number of nitrogens with zero attached hydrogens (tertiary/aromatic N) is 2. The maximum Gasteiger partial charge on any atom is 0.334 e. The molecule has 32 heavy (non-hydrogen) atoms. The van der Waals surface area contributed by atoms with Gasteiger partial charge < -0.3 is 20.6 Å². The van der Waals surface area contributed by atoms with E-state index in [1.165, 1.54) is 9.13 Å². The quantitative estimate of drug-likeness (QED) is 0.501. The monoisotopic (exact) mass is 447 g/mol. The molecule has 5 saturated carbocycles. The van der Waals surface area contributed by atoms with Gasteiger partial charge >= 0.3 is 5.69 Å². The van der Waals surface area contributed by atoms with Crippen LogP contribution in [0.3, 0.4) is 0 Å². The van der Waals surface area contributed by atoms with E-state index in [1.54, 1.807) is 0 Å². The average molecular weight is 448 g/mol. The molecule has 5 aliphatic carbocycles. The lowest BCUT2D eigenvalue weighted by atomic mass is 9.53. The number of nitrogens with one attached hydrogen (secondary N) is 1. The van der Waals surface area contributed by atoms with Crippen LogP contribution in [-0.4, -0.2) is 43.2 Å². The minimum Gasteiger partial charge on any atom is -0.494 e. The van der Waals surface area contributed by atoms with E-state index in [0.717, 1.165) is 57.8 Å². The second kappa shape index (κ2) is 8.02. The first-order valence-electron chi connectivity index (χ1n) is 12.0. The van der Waals surface area contributed by atoms with Crippen LogP contribution in [0.4, 0.5) is 0 Å². The van der Waals surface area contributed by atoms with Crippen LogP contribution in [-0.2, 0) is 5.54 Å². The zero-order chi connectivity index (χ0) is 22.6. The SMILES string of the molecule is O=C(NCC(O)O)c1c(O)n(C2CCCCC2)c(=O)n(C23CC4CC(CC(C4)C2)C3)c1=O. The highest BCUT2D eigenvalue weighted by Gasteiger charge is 2.53. The van der Waals surface area contributed by atoms with Crippen molar-refractivity contribution in [3.05, 3.63) is 26.4 Å². The minimum absolute atomic E-state index is 0.257. The summed E-state index contributed by atoms with van der Waals surface area (Å²) in [4.78, 5) is 40.4. The molecule has 1 aromatic rings. The molecule has 4 bridgehead atoms. The molecule has 0 unspecified atom stereocenters. The molecule has 0 atom stereocenters. The molecule has 1 amide bonds. The van der Waals surface area contributed by atoms with Crippen molar-refractivity contribution in [2.45, 2.75) is 88.5 Å². The molecule has 0 saturated heterocycles. The van der Waals surface area contributed by atoms with Crippen molar-refractivity contribution in [3.8, 4) is 5.88 Å². The van der Waals surface area contributed by atoms with Crippen molar-refractivity contribution in [2.24, 2.45) is 17.8 Å². The van der Waals surface area contributed by atoms with Gasteiger partial charge in [0.2, 0.25) is 5.88 Å². The topological polar surface area (TPSA) is 134 Å². The van der Waals surface area contributed by atoms with Crippen LogP contribution >= 0.6 is 0 Å². The van der Waals surface area contributed by atoms with Gasteiger partial charge in [-0.1, -0.05) is 19.3 Å². The number of aliphatic hydroxyl groups is 2. The summed E-state index contributed by atoms with van der Waals surface area (Å²) >= 11 is 0. The van der Waals surface area contributed by atoms with Crippen molar-refractivity contribution in [2.75, 3.05) is 6.54 Å². The standard InChI is InChI=1S/C23H33N3O6/c27-17(28)12-24-19(29)18-20(30)25(16-4-2-1-3-5-16)22(32)26(21(18)31)23-9-13-6-14(10-23)8-15(7-13)11-23/h13-17,27-28,30H,1-12H2,(H,24,29). The number of aromatic nitrogens is 2. The smallest absolute Gasteiger partial charge is 0.334 e. The molecule has 1 aromatic heterocycles. The molecule has 9 heteroatoms. The molecule has 4 N–H and O–H groups in total. The third-order valence-electron chi connectivity index (χ3n) is 8.36. The number of aliphatic hydroxyl groups excluding tert-OH is 1. The van der Waals surface area contributed by atoms with Gasteiger partial charge in [0.25, 0.3) is 11.5 Å². The van der Waals surface area contributed by atoms with E-state index in [1.807, 2.05) is 0 Å². The Hall–Kier alpha value is -2.13. The summed E-state index contributed by atoms with van der Waals surface area (Å²) < 4.78 is 2.60. The second-order valence-electron chi connectivity index (χ2n) is 10.6. The Bertz CT molecular complexity index is 984. The lowest BCUT2D eigenvalue weighted by Crippen LogP contribution is -2.60. The van der Waals surface area contributed by atoms with Crippen LogP contribution in [0.1, 0.15) is 87.0 Å². The van der Waals surface area contributed by atoms with Gasteiger partial charge in [-0.15, -0.1) is 0 Å². The Balaban J connectivity index is 1.68. The fourth-order valence-corrected chi connectivity index (χ4v) is 7.51. The summed E-state index contributed by atoms with van der Waals surface area (Å²) in [5.41, 5.74) is -2.32. The van der Waals surface area contributed by atoms with Gasteiger partial charge in [-0.25, -0.2) is 4.79 Å². The maximum atomic E-state index is 13.8. The van der Waals surface area contributed by atoms with E-state index < -0.39 is 47.0 Å². The largest absolute Gasteiger partial charge is 0.494 e. The van der Waals surface area contributed by atoms with Gasteiger partial charge in [-0.3, -0.25) is 18.7 Å². The van der Waals surface area contributed by atoms with Gasteiger partial charge in [0.1, 0.15) is 0 Å². The zero-order valence-electron chi connectivity index (χ0n) is 18.3. The van der Waals surface area contributed by atoms with E-state index in [-0.39, 0.29) is 6.04 Å². The molecule has 0 spiro atoms. The van der Waals surface area contributed by atoms with Gasteiger partial charge in [0.15, 0.2) is 11.9 Å². The van der Waals surface area contributed by atoms with Crippen LogP contribution in [0.25, 0.3) is 0 Å². The van der Waals surface area contributed by atoms with E-state index in [0.29, 0.717) is 30.6 Å². The molecule has 0 radical (unpaired) electrons. The van der Waals surface area contributed by atoms with Crippen molar-refractivity contribution >= 4 is 5.91 Å². The van der Waals surface area contributed by atoms with Gasteiger partial charge in [0, 0.05) is 6.04 Å². The minimum atomic E-state index is -1.78. The first kappa shape index (κ1) is 21.7. The van der Waals surface area contributed by atoms with Crippen LogP contribution in [0.5, 0.6) is 5.88 Å². The zero-order valence-corrected chi connectivity index (χ0v) is 18.3. The normalized spacial score (nSPS) is 31.9. The lowest BCUT2D eigenvalue weighted by Gasteiger charge is -2.57. The molecule has 9 nitrogen and oxygen atoms in total. The number of rotatable bonds is 5. The average Bonchev–Trinajstić information content (AvgIpc) is 2.71. The third-order valence-corrected chi connectivity index (χ3v) is 8.36.